The average Bonchev–Trinajstić information content (AvgIpc) is 3.39. The van der Waals surface area contributed by atoms with Crippen LogP contribution in [0.1, 0.15) is 66.8 Å². The molecule has 2 aliphatic carbocycles. The van der Waals surface area contributed by atoms with Crippen molar-refractivity contribution in [1.29, 1.82) is 0 Å². The van der Waals surface area contributed by atoms with Crippen LogP contribution in [0, 0.1) is 6.92 Å². The minimum atomic E-state index is -0.133. The summed E-state index contributed by atoms with van der Waals surface area (Å²) in [5.41, 5.74) is 2.66. The van der Waals surface area contributed by atoms with Crippen LogP contribution >= 0.6 is 0 Å². The SMILES string of the molecule is Cc1nc(C(=O)Cc2cn3cc(C45COC(C)(C4)C5)nc3c(OC3CCC3)n2)co1. The van der Waals surface area contributed by atoms with Gasteiger partial charge in [-0.2, -0.15) is 0 Å². The number of imidazole rings is 1. The second-order valence-corrected chi connectivity index (χ2v) is 9.29. The number of nitrogens with zero attached hydrogens (tertiary/aromatic N) is 4. The first kappa shape index (κ1) is 18.1. The van der Waals surface area contributed by atoms with Crippen LogP contribution in [0.25, 0.3) is 5.65 Å². The Morgan fingerprint density at radius 2 is 2.10 bits per heavy atom. The lowest BCUT2D eigenvalue weighted by molar-refractivity contribution is 0.0154. The smallest absolute Gasteiger partial charge is 0.258 e. The molecule has 3 aromatic rings. The van der Waals surface area contributed by atoms with E-state index in [2.05, 4.69) is 16.9 Å². The highest BCUT2D eigenvalue weighted by atomic mass is 16.5. The van der Waals surface area contributed by atoms with Gasteiger partial charge < -0.3 is 18.3 Å². The zero-order valence-corrected chi connectivity index (χ0v) is 17.2. The van der Waals surface area contributed by atoms with Crippen LogP contribution < -0.4 is 4.74 Å². The zero-order chi connectivity index (χ0) is 20.5. The minimum absolute atomic E-state index is 0.00733. The third kappa shape index (κ3) is 2.77. The maximum Gasteiger partial charge on any atom is 0.258 e. The van der Waals surface area contributed by atoms with Crippen LogP contribution in [-0.4, -0.2) is 43.4 Å². The Balaban J connectivity index is 1.36. The van der Waals surface area contributed by atoms with E-state index in [-0.39, 0.29) is 29.3 Å². The van der Waals surface area contributed by atoms with E-state index in [1.165, 1.54) is 12.7 Å². The molecule has 2 saturated heterocycles. The Kier molecular flexibility index (Phi) is 3.69. The number of aromatic nitrogens is 4. The summed E-state index contributed by atoms with van der Waals surface area (Å²) in [6.45, 7) is 4.59. The normalized spacial score (nSPS) is 27.8. The molecule has 0 spiro atoms. The zero-order valence-electron chi connectivity index (χ0n) is 17.2. The second kappa shape index (κ2) is 6.14. The molecule has 4 aliphatic rings. The average molecular weight is 408 g/mol. The molecule has 3 aromatic heterocycles. The van der Waals surface area contributed by atoms with Gasteiger partial charge in [-0.1, -0.05) is 0 Å². The van der Waals surface area contributed by atoms with Crippen molar-refractivity contribution in [2.75, 3.05) is 6.61 Å². The first-order valence-corrected chi connectivity index (χ1v) is 10.6. The van der Waals surface area contributed by atoms with E-state index in [0.29, 0.717) is 35.4 Å². The quantitative estimate of drug-likeness (QED) is 0.578. The molecule has 0 atom stereocenters. The predicted molar refractivity (Wildman–Crippen MR) is 106 cm³/mol. The summed E-state index contributed by atoms with van der Waals surface area (Å²) in [4.78, 5) is 26.3. The summed E-state index contributed by atoms with van der Waals surface area (Å²) in [6, 6.07) is 0. The fraction of sp³-hybridized carbons (Fsp3) is 0.545. The number of hydrogen-bond acceptors (Lipinski definition) is 7. The van der Waals surface area contributed by atoms with Gasteiger partial charge in [-0.3, -0.25) is 4.79 Å². The minimum Gasteiger partial charge on any atom is -0.472 e. The number of aryl methyl sites for hydroxylation is 1. The van der Waals surface area contributed by atoms with Crippen LogP contribution in [-0.2, 0) is 16.6 Å². The van der Waals surface area contributed by atoms with Gasteiger partial charge in [-0.25, -0.2) is 15.0 Å². The van der Waals surface area contributed by atoms with Gasteiger partial charge in [0.1, 0.15) is 18.1 Å². The van der Waals surface area contributed by atoms with E-state index in [1.54, 1.807) is 6.92 Å². The Labute approximate surface area is 173 Å². The van der Waals surface area contributed by atoms with Gasteiger partial charge in [0, 0.05) is 24.7 Å². The van der Waals surface area contributed by atoms with E-state index in [9.17, 15) is 4.79 Å². The lowest BCUT2D eigenvalue weighted by atomic mass is 9.62. The van der Waals surface area contributed by atoms with E-state index < -0.39 is 0 Å². The Morgan fingerprint density at radius 1 is 1.27 bits per heavy atom. The van der Waals surface area contributed by atoms with Crippen LogP contribution in [0.5, 0.6) is 5.88 Å². The third-order valence-corrected chi connectivity index (χ3v) is 6.70. The number of rotatable bonds is 6. The predicted octanol–water partition coefficient (Wildman–Crippen LogP) is 3.20. The van der Waals surface area contributed by atoms with Gasteiger partial charge >= 0.3 is 0 Å². The van der Waals surface area contributed by atoms with Crippen molar-refractivity contribution in [2.24, 2.45) is 0 Å². The topological polar surface area (TPSA) is 91.8 Å². The van der Waals surface area contributed by atoms with E-state index >= 15 is 0 Å². The summed E-state index contributed by atoms with van der Waals surface area (Å²) >= 11 is 0. The molecule has 0 unspecified atom stereocenters. The molecule has 8 nitrogen and oxygen atoms in total. The molecule has 2 aliphatic heterocycles. The highest BCUT2D eigenvalue weighted by Crippen LogP contribution is 2.58. The van der Waals surface area contributed by atoms with E-state index in [1.807, 2.05) is 16.8 Å². The maximum absolute atomic E-state index is 12.6. The van der Waals surface area contributed by atoms with Gasteiger partial charge in [0.2, 0.25) is 5.65 Å². The van der Waals surface area contributed by atoms with Crippen molar-refractivity contribution in [3.8, 4) is 5.88 Å². The summed E-state index contributed by atoms with van der Waals surface area (Å²) in [6.07, 6.45) is 10.8. The van der Waals surface area contributed by atoms with E-state index in [0.717, 1.165) is 31.4 Å². The number of oxazole rings is 1. The molecule has 156 valence electrons. The highest BCUT2D eigenvalue weighted by Gasteiger charge is 2.61. The largest absolute Gasteiger partial charge is 0.472 e. The van der Waals surface area contributed by atoms with Crippen LogP contribution in [0.15, 0.2) is 23.1 Å². The number of fused-ring (bicyclic) bond motifs is 2. The molecular formula is C22H24N4O4. The summed E-state index contributed by atoms with van der Waals surface area (Å²) in [5.74, 6) is 0.844. The van der Waals surface area contributed by atoms with Crippen molar-refractivity contribution in [3.05, 3.63) is 41.6 Å². The Morgan fingerprint density at radius 3 is 2.73 bits per heavy atom. The Hall–Kier alpha value is -2.74. The first-order chi connectivity index (χ1) is 14.4. The van der Waals surface area contributed by atoms with Crippen LogP contribution in [0.3, 0.4) is 0 Å². The second-order valence-electron chi connectivity index (χ2n) is 9.29. The number of carbonyl (C=O) groups excluding carboxylic acids is 1. The third-order valence-electron chi connectivity index (χ3n) is 6.70. The number of hydrogen-bond donors (Lipinski definition) is 0. The number of carbonyl (C=O) groups is 1. The summed E-state index contributed by atoms with van der Waals surface area (Å²) < 4.78 is 19.3. The molecule has 30 heavy (non-hydrogen) atoms. The Bertz CT molecular complexity index is 1150. The molecule has 4 fully saturated rings. The molecule has 0 aromatic carbocycles. The fourth-order valence-electron chi connectivity index (χ4n) is 4.98. The van der Waals surface area contributed by atoms with Crippen LogP contribution in [0.2, 0.25) is 0 Å². The van der Waals surface area contributed by atoms with Gasteiger partial charge in [0.15, 0.2) is 11.7 Å². The fourth-order valence-corrected chi connectivity index (χ4v) is 4.98. The van der Waals surface area contributed by atoms with Crippen LogP contribution in [0.4, 0.5) is 0 Å². The molecule has 2 bridgehead atoms. The lowest BCUT2D eigenvalue weighted by Crippen LogP contribution is -2.45. The van der Waals surface area contributed by atoms with E-state index in [4.69, 9.17) is 18.9 Å². The summed E-state index contributed by atoms with van der Waals surface area (Å²) in [7, 11) is 0. The van der Waals surface area contributed by atoms with Gasteiger partial charge in [-0.05, 0) is 39.0 Å². The number of ketones is 1. The molecule has 5 heterocycles. The van der Waals surface area contributed by atoms with Gasteiger partial charge in [0.25, 0.3) is 5.88 Å². The molecule has 7 rings (SSSR count). The van der Waals surface area contributed by atoms with Crippen molar-refractivity contribution in [3.63, 3.8) is 0 Å². The molecule has 2 saturated carbocycles. The molecule has 8 heteroatoms. The number of Topliss-reactive ketones (excluding diaryl/α,β-unsaturated/α-hetero) is 1. The molecule has 0 N–H and O–H groups in total. The summed E-state index contributed by atoms with van der Waals surface area (Å²) in [5, 5.41) is 0. The van der Waals surface area contributed by atoms with Gasteiger partial charge in [-0.15, -0.1) is 0 Å². The van der Waals surface area contributed by atoms with Crippen molar-refractivity contribution >= 4 is 11.4 Å². The highest BCUT2D eigenvalue weighted by molar-refractivity contribution is 5.95. The lowest BCUT2D eigenvalue weighted by Gasteiger charge is -2.41. The number of ether oxygens (including phenoxy) is 2. The molecular weight excluding hydrogens is 384 g/mol. The molecule has 0 amide bonds. The first-order valence-electron chi connectivity index (χ1n) is 10.6. The monoisotopic (exact) mass is 408 g/mol. The molecule has 0 radical (unpaired) electrons. The van der Waals surface area contributed by atoms with Crippen molar-refractivity contribution in [2.45, 2.75) is 69.5 Å². The standard InChI is InChI=1S/C22H24N4O4/c1-13-23-16(9-28-13)17(27)6-14-7-26-8-18(22-10-21(2,11-22)29-12-22)25-19(26)20(24-14)30-15-4-3-5-15/h7-9,15H,3-6,10-12H2,1-2H3. The maximum atomic E-state index is 12.6. The van der Waals surface area contributed by atoms with Gasteiger partial charge in [0.05, 0.1) is 30.0 Å². The van der Waals surface area contributed by atoms with Crippen molar-refractivity contribution in [1.82, 2.24) is 19.4 Å². The van der Waals surface area contributed by atoms with Crippen molar-refractivity contribution < 1.29 is 18.7 Å².